The highest BCUT2D eigenvalue weighted by Gasteiger charge is 2.37. The monoisotopic (exact) mass is 825 g/mol. The molecule has 0 amide bonds. The number of aryl methyl sites for hydroxylation is 4. The number of esters is 3. The van der Waals surface area contributed by atoms with Crippen LogP contribution >= 0.6 is 0 Å². The summed E-state index contributed by atoms with van der Waals surface area (Å²) in [6.45, 7) is 10.1. The highest BCUT2D eigenvalue weighted by molar-refractivity contribution is 6.25. The molecule has 4 aromatic heterocycles. The number of benzene rings is 1. The van der Waals surface area contributed by atoms with E-state index in [9.17, 15) is 19.2 Å². The van der Waals surface area contributed by atoms with Gasteiger partial charge in [-0.1, -0.05) is 26.0 Å². The second-order valence-electron chi connectivity index (χ2n) is 16.2. The first-order valence-corrected chi connectivity index (χ1v) is 20.8. The van der Waals surface area contributed by atoms with Crippen LogP contribution in [0.2, 0.25) is 0 Å². The average Bonchev–Trinajstić information content (AvgIpc) is 3.96. The minimum absolute atomic E-state index is 0.0559. The number of nitrogens with zero attached hydrogens (tertiary/aromatic N) is 3. The molecule has 61 heavy (non-hydrogen) atoms. The number of ether oxygens (including phenoxy) is 4. The van der Waals surface area contributed by atoms with Gasteiger partial charge in [-0.05, 0) is 99.0 Å². The van der Waals surface area contributed by atoms with Gasteiger partial charge in [-0.3, -0.25) is 19.4 Å². The minimum atomic E-state index is -0.594. The first-order chi connectivity index (χ1) is 29.3. The maximum absolute atomic E-state index is 13.7. The van der Waals surface area contributed by atoms with Crippen LogP contribution in [0.25, 0.3) is 44.1 Å². The molecule has 0 fully saturated rings. The Morgan fingerprint density at radius 3 is 2.33 bits per heavy atom. The third kappa shape index (κ3) is 6.99. The van der Waals surface area contributed by atoms with Crippen molar-refractivity contribution in [2.45, 2.75) is 91.1 Å². The Morgan fingerprint density at radius 2 is 1.61 bits per heavy atom. The summed E-state index contributed by atoms with van der Waals surface area (Å²) in [5, 5.41) is 0.886. The second kappa shape index (κ2) is 16.2. The summed E-state index contributed by atoms with van der Waals surface area (Å²) in [7, 11) is 5.79. The van der Waals surface area contributed by atoms with Crippen molar-refractivity contribution in [1.29, 1.82) is 0 Å². The van der Waals surface area contributed by atoms with Crippen molar-refractivity contribution in [3.05, 3.63) is 109 Å². The zero-order valence-corrected chi connectivity index (χ0v) is 36.1. The van der Waals surface area contributed by atoms with Crippen molar-refractivity contribution in [2.24, 2.45) is 7.05 Å². The van der Waals surface area contributed by atoms with E-state index in [1.807, 2.05) is 50.2 Å². The van der Waals surface area contributed by atoms with Gasteiger partial charge in [0.1, 0.15) is 11.9 Å². The molecule has 13 heteroatoms. The number of allylic oxidation sites excluding steroid dienone is 1. The molecule has 8 bridgehead atoms. The predicted octanol–water partition coefficient (Wildman–Crippen LogP) is 8.07. The van der Waals surface area contributed by atoms with E-state index in [1.54, 1.807) is 11.6 Å². The zero-order chi connectivity index (χ0) is 43.4. The summed E-state index contributed by atoms with van der Waals surface area (Å²) < 4.78 is 24.2. The fourth-order valence-corrected chi connectivity index (χ4v) is 9.49. The van der Waals surface area contributed by atoms with Crippen molar-refractivity contribution >= 4 is 62.0 Å². The second-order valence-corrected chi connectivity index (χ2v) is 16.2. The van der Waals surface area contributed by atoms with Gasteiger partial charge >= 0.3 is 17.9 Å². The van der Waals surface area contributed by atoms with Gasteiger partial charge in [0.15, 0.2) is 0 Å². The largest absolute Gasteiger partial charge is 0.484 e. The number of methoxy groups -OCH3 is 3. The molecule has 316 valence electrons. The van der Waals surface area contributed by atoms with Crippen LogP contribution < -0.4 is 10.3 Å². The standard InChI is InChI=1S/C48H51N5O8/c1-10-27-23(2)32-22-37-42(39-17-15-30-46(61-39)29-13-11-12-14-38(29)53(6)47(30)56)25(4)34(50-37)20-33-24(3)28(16-18-40(54)58-7)44(51-33)31(19-41(55)59-8)45-43(48(57)60-9)26(5)35(52-45)21-36(27)49-32/h11-14,20-22,24,28,39,49-50H,10,15-19H2,1-9H3/t24-,28-,39?/m0/s1. The Bertz CT molecular complexity index is 2930. The summed E-state index contributed by atoms with van der Waals surface area (Å²) in [5.41, 5.74) is 12.2. The molecule has 7 heterocycles. The zero-order valence-electron chi connectivity index (χ0n) is 36.1. The molecule has 2 N–H and O–H groups in total. The number of rotatable bonds is 8. The molecule has 8 rings (SSSR count). The topological polar surface area (TPSA) is 167 Å². The van der Waals surface area contributed by atoms with Crippen molar-refractivity contribution in [2.75, 3.05) is 21.3 Å². The Morgan fingerprint density at radius 1 is 0.885 bits per heavy atom. The van der Waals surface area contributed by atoms with Gasteiger partial charge in [-0.25, -0.2) is 9.78 Å². The van der Waals surface area contributed by atoms with Crippen molar-refractivity contribution < 1.29 is 33.3 Å². The molecule has 5 aromatic rings. The van der Waals surface area contributed by atoms with Crippen LogP contribution in [0.4, 0.5) is 0 Å². The first-order valence-electron chi connectivity index (χ1n) is 20.8. The average molecular weight is 826 g/mol. The lowest BCUT2D eigenvalue weighted by Gasteiger charge is -2.28. The molecule has 0 aliphatic carbocycles. The molecule has 1 aromatic carbocycles. The van der Waals surface area contributed by atoms with Crippen LogP contribution in [0.1, 0.15) is 114 Å². The summed E-state index contributed by atoms with van der Waals surface area (Å²) in [4.78, 5) is 70.9. The maximum atomic E-state index is 13.7. The SMILES string of the molecule is CCc1c(C)c2cc3[nH]c(cc4nc(c(CC(=O)OC)c5nc(cc1[nH]2)C(C)=C5C(=O)OC)[C@@H](CCC(=O)OC)[C@@H]4C)c(C)c3C1CCc2c(c3ccccc3n(C)c2=O)O1. The number of carbonyl (C=O) groups is 3. The number of H-pyrrole nitrogens is 2. The van der Waals surface area contributed by atoms with Gasteiger partial charge in [-0.2, -0.15) is 0 Å². The van der Waals surface area contributed by atoms with Crippen LogP contribution in [0, 0.1) is 13.8 Å². The molecular weight excluding hydrogens is 775 g/mol. The van der Waals surface area contributed by atoms with Gasteiger partial charge < -0.3 is 33.5 Å². The Labute approximate surface area is 353 Å². The number of hydrogen-bond acceptors (Lipinski definition) is 10. The number of pyridine rings is 1. The Balaban J connectivity index is 1.47. The number of carbonyl (C=O) groups excluding carboxylic acids is 3. The molecule has 13 nitrogen and oxygen atoms in total. The molecule has 3 aliphatic heterocycles. The third-order valence-electron chi connectivity index (χ3n) is 12.9. The van der Waals surface area contributed by atoms with Crippen LogP contribution in [-0.4, -0.2) is 63.7 Å². The molecular formula is C48H51N5O8. The van der Waals surface area contributed by atoms with E-state index in [4.69, 9.17) is 28.9 Å². The molecule has 0 saturated carbocycles. The summed E-state index contributed by atoms with van der Waals surface area (Å²) in [6.07, 6.45) is 1.72. The van der Waals surface area contributed by atoms with E-state index < -0.39 is 11.9 Å². The molecule has 3 aliphatic rings. The van der Waals surface area contributed by atoms with E-state index in [2.05, 4.69) is 36.8 Å². The third-order valence-corrected chi connectivity index (χ3v) is 12.9. The smallest absolute Gasteiger partial charge is 0.340 e. The van der Waals surface area contributed by atoms with E-state index >= 15 is 0 Å². The molecule has 0 radical (unpaired) electrons. The Kier molecular flexibility index (Phi) is 10.9. The van der Waals surface area contributed by atoms with Gasteiger partial charge in [0.05, 0.1) is 61.5 Å². The highest BCUT2D eigenvalue weighted by Crippen LogP contribution is 2.45. The lowest BCUT2D eigenvalue weighted by Crippen LogP contribution is -2.27. The summed E-state index contributed by atoms with van der Waals surface area (Å²) >= 11 is 0. The van der Waals surface area contributed by atoms with Gasteiger partial charge in [0, 0.05) is 69.6 Å². The van der Waals surface area contributed by atoms with Crippen LogP contribution in [0.3, 0.4) is 0 Å². The molecule has 3 atom stereocenters. The van der Waals surface area contributed by atoms with Crippen molar-refractivity contribution in [3.8, 4) is 5.75 Å². The normalized spacial score (nSPS) is 17.2. The maximum Gasteiger partial charge on any atom is 0.340 e. The summed E-state index contributed by atoms with van der Waals surface area (Å²) in [6, 6.07) is 13.9. The highest BCUT2D eigenvalue weighted by atomic mass is 16.5. The minimum Gasteiger partial charge on any atom is -0.484 e. The van der Waals surface area contributed by atoms with Crippen molar-refractivity contribution in [1.82, 2.24) is 24.5 Å². The molecule has 0 saturated heterocycles. The van der Waals surface area contributed by atoms with Gasteiger partial charge in [-0.15, -0.1) is 0 Å². The summed E-state index contributed by atoms with van der Waals surface area (Å²) in [5.74, 6) is -1.47. The van der Waals surface area contributed by atoms with E-state index in [-0.39, 0.29) is 53.6 Å². The van der Waals surface area contributed by atoms with Gasteiger partial charge in [0.25, 0.3) is 5.56 Å². The fourth-order valence-electron chi connectivity index (χ4n) is 9.49. The quantitative estimate of drug-likeness (QED) is 0.115. The lowest BCUT2D eigenvalue weighted by molar-refractivity contribution is -0.141. The number of nitrogens with one attached hydrogen (secondary N) is 2. The van der Waals surface area contributed by atoms with Crippen molar-refractivity contribution in [3.63, 3.8) is 0 Å². The molecule has 0 spiro atoms. The Hall–Kier alpha value is -6.50. The first kappa shape index (κ1) is 41.2. The van der Waals surface area contributed by atoms with Gasteiger partial charge in [0.2, 0.25) is 0 Å². The number of para-hydroxylation sites is 1. The van der Waals surface area contributed by atoms with Crippen LogP contribution in [0.5, 0.6) is 5.75 Å². The van der Waals surface area contributed by atoms with E-state index in [1.165, 1.54) is 21.3 Å². The van der Waals surface area contributed by atoms with E-state index in [0.717, 1.165) is 55.2 Å². The fraction of sp³-hybridized carbons (Fsp3) is 0.375. The van der Waals surface area contributed by atoms with Crippen LogP contribution in [-0.2, 0) is 54.9 Å². The number of fused-ring (bicyclic) bond motifs is 11. The van der Waals surface area contributed by atoms with Crippen LogP contribution in [0.15, 0.2) is 47.3 Å². The number of aromatic nitrogens is 5. The lowest BCUT2D eigenvalue weighted by atomic mass is 9.84. The number of hydrogen-bond donors (Lipinski definition) is 2. The molecule has 1 unspecified atom stereocenters. The number of aromatic amines is 2. The van der Waals surface area contributed by atoms with E-state index in [0.29, 0.717) is 65.2 Å². The predicted molar refractivity (Wildman–Crippen MR) is 233 cm³/mol.